The number of unbranched alkanes of at least 4 members (excludes halogenated alkanes) is 10. The van der Waals surface area contributed by atoms with Crippen LogP contribution in [0.1, 0.15) is 164 Å². The van der Waals surface area contributed by atoms with Gasteiger partial charge in [-0.25, -0.2) is 0 Å². The SMILES string of the molecule is CC.CCC.CCCCCCCCC(CCCCCC)C(=O)OCCCCC(=O)OCCCNC.CN(C)CCCC=O. The first-order chi connectivity index (χ1) is 20.8. The molecule has 1 unspecified atom stereocenters. The highest BCUT2D eigenvalue weighted by molar-refractivity contribution is 5.72. The van der Waals surface area contributed by atoms with Gasteiger partial charge in [-0.05, 0) is 72.8 Å². The van der Waals surface area contributed by atoms with E-state index in [1.165, 1.54) is 57.8 Å². The lowest BCUT2D eigenvalue weighted by Gasteiger charge is -2.16. The van der Waals surface area contributed by atoms with Crippen LogP contribution in [-0.4, -0.2) is 70.6 Å². The predicted molar refractivity (Wildman–Crippen MR) is 186 cm³/mol. The lowest BCUT2D eigenvalue weighted by atomic mass is 9.94. The Kier molecular flexibility index (Phi) is 50.6. The van der Waals surface area contributed by atoms with Gasteiger partial charge in [-0.2, -0.15) is 0 Å². The van der Waals surface area contributed by atoms with E-state index in [9.17, 15) is 14.4 Å². The second kappa shape index (κ2) is 45.0. The average Bonchev–Trinajstić information content (AvgIpc) is 2.99. The van der Waals surface area contributed by atoms with Crippen LogP contribution in [0.2, 0.25) is 0 Å². The summed E-state index contributed by atoms with van der Waals surface area (Å²) < 4.78 is 10.7. The zero-order valence-corrected chi connectivity index (χ0v) is 30.4. The normalized spacial score (nSPS) is 10.7. The molecule has 0 heterocycles. The third kappa shape index (κ3) is 47.7. The van der Waals surface area contributed by atoms with Crippen LogP contribution in [0.15, 0.2) is 0 Å². The molecular formula is C36H76N2O5. The zero-order chi connectivity index (χ0) is 33.4. The van der Waals surface area contributed by atoms with Gasteiger partial charge in [0.2, 0.25) is 0 Å². The van der Waals surface area contributed by atoms with Gasteiger partial charge in [-0.15, -0.1) is 0 Å². The van der Waals surface area contributed by atoms with Gasteiger partial charge in [0.25, 0.3) is 0 Å². The van der Waals surface area contributed by atoms with Crippen LogP contribution in [0.25, 0.3) is 0 Å². The molecule has 7 nitrogen and oxygen atoms in total. The van der Waals surface area contributed by atoms with Crippen LogP contribution in [0.4, 0.5) is 0 Å². The number of hydrogen-bond acceptors (Lipinski definition) is 7. The maximum absolute atomic E-state index is 12.6. The number of nitrogens with zero attached hydrogens (tertiary/aromatic N) is 1. The number of aldehydes is 1. The number of carbonyl (C=O) groups is 3. The van der Waals surface area contributed by atoms with E-state index in [-0.39, 0.29) is 17.9 Å². The van der Waals surface area contributed by atoms with Crippen molar-refractivity contribution in [3.63, 3.8) is 0 Å². The Bertz CT molecular complexity index is 544. The van der Waals surface area contributed by atoms with Gasteiger partial charge >= 0.3 is 11.9 Å². The average molecular weight is 617 g/mol. The van der Waals surface area contributed by atoms with E-state index in [0.29, 0.717) is 32.5 Å². The maximum atomic E-state index is 12.6. The summed E-state index contributed by atoms with van der Waals surface area (Å²) in [5.41, 5.74) is 0. The number of esters is 2. The quantitative estimate of drug-likeness (QED) is 0.0589. The number of rotatable bonds is 26. The minimum Gasteiger partial charge on any atom is -0.466 e. The van der Waals surface area contributed by atoms with Crippen molar-refractivity contribution >= 4 is 18.2 Å². The van der Waals surface area contributed by atoms with Gasteiger partial charge < -0.3 is 24.5 Å². The first-order valence-electron chi connectivity index (χ1n) is 17.9. The highest BCUT2D eigenvalue weighted by Gasteiger charge is 2.19. The summed E-state index contributed by atoms with van der Waals surface area (Å²) in [4.78, 5) is 36.0. The fourth-order valence-electron chi connectivity index (χ4n) is 4.03. The Morgan fingerprint density at radius 3 is 1.74 bits per heavy atom. The number of ether oxygens (including phenoxy) is 2. The maximum Gasteiger partial charge on any atom is 0.308 e. The van der Waals surface area contributed by atoms with Gasteiger partial charge in [0.15, 0.2) is 0 Å². The molecule has 0 aliphatic carbocycles. The lowest BCUT2D eigenvalue weighted by Crippen LogP contribution is -2.19. The standard InChI is InChI=1S/C25H49NO4.C6H13NO.C3H8.C2H6/c1-4-6-8-10-11-13-18-23(17-12-9-7-5-2)25(28)30-21-15-14-19-24(27)29-22-16-20-26-3;1-7(2)5-3-4-6-8;1-3-2;1-2/h23,26H,4-22H2,1-3H3;6H,3-5H2,1-2H3;3H2,1-2H3;1-2H3. The highest BCUT2D eigenvalue weighted by Crippen LogP contribution is 2.20. The fraction of sp³-hybridized carbons (Fsp3) is 0.917. The highest BCUT2D eigenvalue weighted by atomic mass is 16.5. The topological polar surface area (TPSA) is 84.9 Å². The van der Waals surface area contributed by atoms with Crippen molar-refractivity contribution < 1.29 is 23.9 Å². The molecular weight excluding hydrogens is 540 g/mol. The minimum atomic E-state index is -0.158. The van der Waals surface area contributed by atoms with E-state index in [4.69, 9.17) is 9.47 Å². The minimum absolute atomic E-state index is 0.0327. The molecule has 0 rings (SSSR count). The summed E-state index contributed by atoms with van der Waals surface area (Å²) in [5, 5.41) is 3.02. The summed E-state index contributed by atoms with van der Waals surface area (Å²) in [5.74, 6) is -0.144. The molecule has 0 amide bonds. The van der Waals surface area contributed by atoms with Crippen molar-refractivity contribution in [2.75, 3.05) is 47.4 Å². The van der Waals surface area contributed by atoms with Crippen molar-refractivity contribution in [3.8, 4) is 0 Å². The second-order valence-electron chi connectivity index (χ2n) is 11.2. The van der Waals surface area contributed by atoms with Gasteiger partial charge in [0, 0.05) is 12.8 Å². The van der Waals surface area contributed by atoms with Crippen LogP contribution >= 0.6 is 0 Å². The molecule has 1 N–H and O–H groups in total. The van der Waals surface area contributed by atoms with Crippen LogP contribution in [0.3, 0.4) is 0 Å². The predicted octanol–water partition coefficient (Wildman–Crippen LogP) is 9.16. The summed E-state index contributed by atoms with van der Waals surface area (Å²) >= 11 is 0. The van der Waals surface area contributed by atoms with Crippen molar-refractivity contribution in [2.45, 2.75) is 164 Å². The molecule has 0 aliphatic rings. The molecule has 0 aromatic heterocycles. The van der Waals surface area contributed by atoms with Crippen molar-refractivity contribution in [1.82, 2.24) is 10.2 Å². The van der Waals surface area contributed by atoms with Crippen LogP contribution in [0.5, 0.6) is 0 Å². The summed E-state index contributed by atoms with van der Waals surface area (Å²) in [6.45, 7) is 15.4. The number of carbonyl (C=O) groups excluding carboxylic acids is 3. The van der Waals surface area contributed by atoms with Gasteiger partial charge in [-0.1, -0.05) is 112 Å². The molecule has 0 radical (unpaired) electrons. The number of hydrogen-bond donors (Lipinski definition) is 1. The van der Waals surface area contributed by atoms with Crippen molar-refractivity contribution in [2.24, 2.45) is 5.92 Å². The van der Waals surface area contributed by atoms with E-state index in [1.807, 2.05) is 35.0 Å². The lowest BCUT2D eigenvalue weighted by molar-refractivity contribution is -0.149. The Morgan fingerprint density at radius 1 is 0.721 bits per heavy atom. The molecule has 0 saturated carbocycles. The summed E-state index contributed by atoms with van der Waals surface area (Å²) in [6, 6.07) is 0. The van der Waals surface area contributed by atoms with E-state index in [0.717, 1.165) is 64.3 Å². The van der Waals surface area contributed by atoms with Crippen LogP contribution < -0.4 is 5.32 Å². The van der Waals surface area contributed by atoms with Gasteiger partial charge in [0.1, 0.15) is 6.29 Å². The van der Waals surface area contributed by atoms with Crippen molar-refractivity contribution in [3.05, 3.63) is 0 Å². The molecule has 0 saturated heterocycles. The monoisotopic (exact) mass is 617 g/mol. The van der Waals surface area contributed by atoms with Crippen molar-refractivity contribution in [1.29, 1.82) is 0 Å². The van der Waals surface area contributed by atoms with Gasteiger partial charge in [-0.3, -0.25) is 9.59 Å². The molecule has 0 aliphatic heterocycles. The second-order valence-corrected chi connectivity index (χ2v) is 11.2. The van der Waals surface area contributed by atoms with E-state index >= 15 is 0 Å². The van der Waals surface area contributed by atoms with Gasteiger partial charge in [0.05, 0.1) is 19.1 Å². The first-order valence-corrected chi connectivity index (χ1v) is 17.9. The summed E-state index contributed by atoms with van der Waals surface area (Å²) in [7, 11) is 5.89. The van der Waals surface area contributed by atoms with Crippen LogP contribution in [-0.2, 0) is 23.9 Å². The first kappa shape index (κ1) is 48.4. The molecule has 260 valence electrons. The van der Waals surface area contributed by atoms with E-state index < -0.39 is 0 Å². The molecule has 0 aromatic carbocycles. The number of nitrogens with one attached hydrogen (secondary N) is 1. The smallest absolute Gasteiger partial charge is 0.308 e. The largest absolute Gasteiger partial charge is 0.466 e. The summed E-state index contributed by atoms with van der Waals surface area (Å²) in [6.07, 6.45) is 20.7. The Morgan fingerprint density at radius 2 is 1.23 bits per heavy atom. The molecule has 0 fully saturated rings. The zero-order valence-electron chi connectivity index (χ0n) is 30.4. The Hall–Kier alpha value is -1.47. The fourth-order valence-corrected chi connectivity index (χ4v) is 4.03. The van der Waals surface area contributed by atoms with Crippen LogP contribution in [0, 0.1) is 5.92 Å². The van der Waals surface area contributed by atoms with E-state index in [1.54, 1.807) is 0 Å². The molecule has 0 aromatic rings. The third-order valence-electron chi connectivity index (χ3n) is 6.43. The van der Waals surface area contributed by atoms with E-state index in [2.05, 4.69) is 37.9 Å². The molecule has 1 atom stereocenters. The molecule has 0 spiro atoms. The Labute approximate surface area is 269 Å². The third-order valence-corrected chi connectivity index (χ3v) is 6.43. The molecule has 43 heavy (non-hydrogen) atoms. The Balaban J connectivity index is -0.000000489. The molecule has 0 bridgehead atoms. The molecule has 7 heteroatoms.